The average molecular weight is 370 g/mol. The molecule has 0 radical (unpaired) electrons. The summed E-state index contributed by atoms with van der Waals surface area (Å²) >= 11 is 11.9. The normalized spacial score (nSPS) is 12.9. The summed E-state index contributed by atoms with van der Waals surface area (Å²) in [5.74, 6) is 1.54. The standard InChI is InChI=1S/C17H21Cl2N3O2/c1-2-20-17(21-6-5-15-4-3-7-24-15)22-11-16(23)12-8-13(18)10-14(19)9-12/h3-4,7-10,16,23H,2,5-6,11H2,1H3,(H2,20,21,22). The molecule has 5 nitrogen and oxygen atoms in total. The number of hydrogen-bond acceptors (Lipinski definition) is 3. The number of furan rings is 1. The largest absolute Gasteiger partial charge is 0.469 e. The predicted octanol–water partition coefficient (Wildman–Crippen LogP) is 3.42. The maximum absolute atomic E-state index is 10.3. The number of aliphatic imine (C=N–C) groups is 1. The van der Waals surface area contributed by atoms with Gasteiger partial charge in [-0.1, -0.05) is 23.2 Å². The van der Waals surface area contributed by atoms with Gasteiger partial charge < -0.3 is 20.2 Å². The van der Waals surface area contributed by atoms with Crippen LogP contribution in [0.2, 0.25) is 10.0 Å². The Hall–Kier alpha value is -1.69. The first-order valence-electron chi connectivity index (χ1n) is 7.77. The van der Waals surface area contributed by atoms with Gasteiger partial charge in [-0.2, -0.15) is 0 Å². The monoisotopic (exact) mass is 369 g/mol. The molecule has 0 aliphatic carbocycles. The van der Waals surface area contributed by atoms with Crippen molar-refractivity contribution >= 4 is 29.2 Å². The zero-order valence-electron chi connectivity index (χ0n) is 13.4. The van der Waals surface area contributed by atoms with Crippen molar-refractivity contribution in [3.8, 4) is 0 Å². The van der Waals surface area contributed by atoms with Gasteiger partial charge in [0.15, 0.2) is 5.96 Å². The summed E-state index contributed by atoms with van der Waals surface area (Å²) < 4.78 is 5.29. The van der Waals surface area contributed by atoms with Crippen molar-refractivity contribution in [1.29, 1.82) is 0 Å². The molecule has 24 heavy (non-hydrogen) atoms. The van der Waals surface area contributed by atoms with Crippen LogP contribution in [0.5, 0.6) is 0 Å². The highest BCUT2D eigenvalue weighted by Gasteiger charge is 2.09. The molecule has 1 aromatic heterocycles. The quantitative estimate of drug-likeness (QED) is 0.516. The molecule has 0 saturated heterocycles. The molecule has 1 aromatic carbocycles. The molecule has 0 spiro atoms. The van der Waals surface area contributed by atoms with E-state index in [1.807, 2.05) is 19.1 Å². The van der Waals surface area contributed by atoms with E-state index in [9.17, 15) is 5.11 Å². The molecule has 0 aliphatic heterocycles. The minimum Gasteiger partial charge on any atom is -0.469 e. The van der Waals surface area contributed by atoms with E-state index in [2.05, 4.69) is 15.6 Å². The van der Waals surface area contributed by atoms with Crippen LogP contribution in [-0.4, -0.2) is 30.7 Å². The molecule has 1 heterocycles. The molecule has 3 N–H and O–H groups in total. The first kappa shape index (κ1) is 18.6. The third-order valence-electron chi connectivity index (χ3n) is 3.28. The lowest BCUT2D eigenvalue weighted by Crippen LogP contribution is -2.38. The number of aliphatic hydroxyl groups excluding tert-OH is 1. The van der Waals surface area contributed by atoms with Crippen LogP contribution in [0.3, 0.4) is 0 Å². The summed E-state index contributed by atoms with van der Waals surface area (Å²) in [6, 6.07) is 8.79. The van der Waals surface area contributed by atoms with Gasteiger partial charge in [-0.25, -0.2) is 0 Å². The van der Waals surface area contributed by atoms with Crippen molar-refractivity contribution in [2.75, 3.05) is 19.6 Å². The SMILES string of the molecule is CCNC(=NCC(O)c1cc(Cl)cc(Cl)c1)NCCc1ccco1. The summed E-state index contributed by atoms with van der Waals surface area (Å²) in [7, 11) is 0. The van der Waals surface area contributed by atoms with Gasteiger partial charge in [0.05, 0.1) is 18.9 Å². The number of hydrogen-bond donors (Lipinski definition) is 3. The van der Waals surface area contributed by atoms with E-state index < -0.39 is 6.10 Å². The van der Waals surface area contributed by atoms with Gasteiger partial charge >= 0.3 is 0 Å². The van der Waals surface area contributed by atoms with Gasteiger partial charge in [-0.05, 0) is 42.8 Å². The summed E-state index contributed by atoms with van der Waals surface area (Å²) in [5.41, 5.74) is 0.641. The van der Waals surface area contributed by atoms with E-state index >= 15 is 0 Å². The highest BCUT2D eigenvalue weighted by Crippen LogP contribution is 2.23. The van der Waals surface area contributed by atoms with Crippen LogP contribution >= 0.6 is 23.2 Å². The highest BCUT2D eigenvalue weighted by molar-refractivity contribution is 6.34. The maximum atomic E-state index is 10.3. The first-order chi connectivity index (χ1) is 11.6. The van der Waals surface area contributed by atoms with Crippen molar-refractivity contribution in [1.82, 2.24) is 10.6 Å². The Balaban J connectivity index is 1.91. The van der Waals surface area contributed by atoms with Crippen molar-refractivity contribution in [2.45, 2.75) is 19.4 Å². The van der Waals surface area contributed by atoms with E-state index in [0.717, 1.165) is 18.7 Å². The third kappa shape index (κ3) is 6.07. The molecule has 1 unspecified atom stereocenters. The lowest BCUT2D eigenvalue weighted by molar-refractivity contribution is 0.187. The van der Waals surface area contributed by atoms with Crippen LogP contribution in [0.1, 0.15) is 24.4 Å². The fraction of sp³-hybridized carbons (Fsp3) is 0.353. The summed E-state index contributed by atoms with van der Waals surface area (Å²) in [5, 5.41) is 17.6. The molecular formula is C17H21Cl2N3O2. The van der Waals surface area contributed by atoms with Gasteiger partial charge in [0.1, 0.15) is 5.76 Å². The molecule has 0 bridgehead atoms. The van der Waals surface area contributed by atoms with Crippen molar-refractivity contribution < 1.29 is 9.52 Å². The van der Waals surface area contributed by atoms with Crippen LogP contribution in [-0.2, 0) is 6.42 Å². The molecule has 130 valence electrons. The number of nitrogens with zero attached hydrogens (tertiary/aromatic N) is 1. The molecule has 2 aromatic rings. The van der Waals surface area contributed by atoms with E-state index in [4.69, 9.17) is 27.6 Å². The van der Waals surface area contributed by atoms with Gasteiger partial charge in [-0.15, -0.1) is 0 Å². The van der Waals surface area contributed by atoms with E-state index in [-0.39, 0.29) is 6.54 Å². The van der Waals surface area contributed by atoms with Crippen LogP contribution < -0.4 is 10.6 Å². The second kappa shape index (κ2) is 9.57. The Morgan fingerprint density at radius 3 is 2.62 bits per heavy atom. The summed E-state index contributed by atoms with van der Waals surface area (Å²) in [6.45, 7) is 3.59. The lowest BCUT2D eigenvalue weighted by atomic mass is 10.1. The van der Waals surface area contributed by atoms with Crippen LogP contribution in [0, 0.1) is 0 Å². The minimum absolute atomic E-state index is 0.201. The number of guanidine groups is 1. The number of nitrogens with one attached hydrogen (secondary N) is 2. The van der Waals surface area contributed by atoms with E-state index in [1.165, 1.54) is 0 Å². The van der Waals surface area contributed by atoms with Crippen LogP contribution in [0.4, 0.5) is 0 Å². The molecule has 0 aliphatic rings. The van der Waals surface area contributed by atoms with Crippen molar-refractivity contribution in [2.24, 2.45) is 4.99 Å². The second-order valence-electron chi connectivity index (χ2n) is 5.19. The van der Waals surface area contributed by atoms with Crippen LogP contribution in [0.15, 0.2) is 46.0 Å². The molecule has 7 heteroatoms. The third-order valence-corrected chi connectivity index (χ3v) is 3.72. The topological polar surface area (TPSA) is 69.8 Å². The fourth-order valence-corrected chi connectivity index (χ4v) is 2.69. The molecule has 0 fully saturated rings. The second-order valence-corrected chi connectivity index (χ2v) is 6.07. The first-order valence-corrected chi connectivity index (χ1v) is 8.52. The Morgan fingerprint density at radius 1 is 1.25 bits per heavy atom. The predicted molar refractivity (Wildman–Crippen MR) is 97.8 cm³/mol. The van der Waals surface area contributed by atoms with E-state index in [0.29, 0.717) is 28.1 Å². The summed E-state index contributed by atoms with van der Waals surface area (Å²) in [4.78, 5) is 4.40. The zero-order valence-corrected chi connectivity index (χ0v) is 14.9. The van der Waals surface area contributed by atoms with Gasteiger partial charge in [-0.3, -0.25) is 4.99 Å². The maximum Gasteiger partial charge on any atom is 0.191 e. The van der Waals surface area contributed by atoms with Crippen LogP contribution in [0.25, 0.3) is 0 Å². The fourth-order valence-electron chi connectivity index (χ4n) is 2.15. The Kier molecular flexibility index (Phi) is 7.43. The zero-order chi connectivity index (χ0) is 17.4. The summed E-state index contributed by atoms with van der Waals surface area (Å²) in [6.07, 6.45) is 1.63. The number of rotatable bonds is 7. The highest BCUT2D eigenvalue weighted by atomic mass is 35.5. The molecular weight excluding hydrogens is 349 g/mol. The number of benzene rings is 1. The molecule has 0 amide bonds. The van der Waals surface area contributed by atoms with Gasteiger partial charge in [0, 0.05) is 29.6 Å². The number of aliphatic hydroxyl groups is 1. The molecule has 1 atom stereocenters. The lowest BCUT2D eigenvalue weighted by Gasteiger charge is -2.13. The minimum atomic E-state index is -0.776. The van der Waals surface area contributed by atoms with Gasteiger partial charge in [0.25, 0.3) is 0 Å². The Bertz CT molecular complexity index is 640. The molecule has 2 rings (SSSR count). The smallest absolute Gasteiger partial charge is 0.191 e. The average Bonchev–Trinajstić information content (AvgIpc) is 3.04. The van der Waals surface area contributed by atoms with Gasteiger partial charge in [0.2, 0.25) is 0 Å². The molecule has 0 saturated carbocycles. The van der Waals surface area contributed by atoms with Crippen molar-refractivity contribution in [3.05, 3.63) is 58.0 Å². The Morgan fingerprint density at radius 2 is 2.00 bits per heavy atom. The number of halogens is 2. The van der Waals surface area contributed by atoms with E-state index in [1.54, 1.807) is 24.5 Å². The Labute approximate surface area is 151 Å². The van der Waals surface area contributed by atoms with Crippen molar-refractivity contribution in [3.63, 3.8) is 0 Å².